The molecule has 0 radical (unpaired) electrons. The fourth-order valence-electron chi connectivity index (χ4n) is 2.10. The molecule has 1 aliphatic heterocycles. The van der Waals surface area contributed by atoms with Crippen molar-refractivity contribution in [2.24, 2.45) is 5.92 Å². The second-order valence-corrected chi connectivity index (χ2v) is 4.46. The van der Waals surface area contributed by atoms with Gasteiger partial charge in [-0.25, -0.2) is 9.97 Å². The lowest BCUT2D eigenvalue weighted by Gasteiger charge is -2.16. The van der Waals surface area contributed by atoms with E-state index in [9.17, 15) is 5.11 Å². The van der Waals surface area contributed by atoms with Crippen molar-refractivity contribution in [3.63, 3.8) is 0 Å². The van der Waals surface area contributed by atoms with Gasteiger partial charge in [-0.05, 0) is 13.3 Å². The molecule has 0 spiro atoms. The molecule has 5 heteroatoms. The average molecular weight is 238 g/mol. The Morgan fingerprint density at radius 1 is 1.59 bits per heavy atom. The summed E-state index contributed by atoms with van der Waals surface area (Å²) in [6.45, 7) is 2.66. The van der Waals surface area contributed by atoms with Gasteiger partial charge in [0.05, 0.1) is 31.6 Å². The van der Waals surface area contributed by atoms with E-state index in [2.05, 4.69) is 9.97 Å². The van der Waals surface area contributed by atoms with Gasteiger partial charge in [0.2, 0.25) is 5.88 Å². The van der Waals surface area contributed by atoms with Crippen molar-refractivity contribution in [2.75, 3.05) is 13.7 Å². The summed E-state index contributed by atoms with van der Waals surface area (Å²) in [5, 5.41) is 10.1. The van der Waals surface area contributed by atoms with E-state index in [1.54, 1.807) is 13.2 Å². The SMILES string of the molecule is COc1cc(CC(O)C2COC(C)C2)ncn1. The molecule has 1 N–H and O–H groups in total. The highest BCUT2D eigenvalue weighted by Crippen LogP contribution is 2.24. The minimum absolute atomic E-state index is 0.200. The molecule has 0 bridgehead atoms. The van der Waals surface area contributed by atoms with E-state index in [4.69, 9.17) is 9.47 Å². The quantitative estimate of drug-likeness (QED) is 0.841. The molecule has 1 saturated heterocycles. The van der Waals surface area contributed by atoms with Crippen LogP contribution in [0.3, 0.4) is 0 Å². The van der Waals surface area contributed by atoms with Crippen molar-refractivity contribution in [2.45, 2.75) is 32.0 Å². The van der Waals surface area contributed by atoms with Crippen LogP contribution in [0.15, 0.2) is 12.4 Å². The Bertz CT molecular complexity index is 373. The molecule has 1 fully saturated rings. The van der Waals surface area contributed by atoms with Gasteiger partial charge >= 0.3 is 0 Å². The van der Waals surface area contributed by atoms with E-state index in [1.807, 2.05) is 6.92 Å². The maximum atomic E-state index is 10.1. The third-order valence-corrected chi connectivity index (χ3v) is 3.10. The Balaban J connectivity index is 1.95. The van der Waals surface area contributed by atoms with Gasteiger partial charge in [0.15, 0.2) is 0 Å². The number of hydrogen-bond acceptors (Lipinski definition) is 5. The zero-order valence-electron chi connectivity index (χ0n) is 10.2. The highest BCUT2D eigenvalue weighted by molar-refractivity contribution is 5.14. The van der Waals surface area contributed by atoms with Gasteiger partial charge < -0.3 is 14.6 Å². The van der Waals surface area contributed by atoms with Crippen LogP contribution in [0.1, 0.15) is 19.0 Å². The Morgan fingerprint density at radius 3 is 3.06 bits per heavy atom. The number of rotatable bonds is 4. The van der Waals surface area contributed by atoms with E-state index in [1.165, 1.54) is 6.33 Å². The predicted octanol–water partition coefficient (Wildman–Crippen LogP) is 0.814. The van der Waals surface area contributed by atoms with Crippen LogP contribution in [0.4, 0.5) is 0 Å². The maximum absolute atomic E-state index is 10.1. The lowest BCUT2D eigenvalue weighted by Crippen LogP contribution is -2.23. The molecule has 0 saturated carbocycles. The number of nitrogens with zero attached hydrogens (tertiary/aromatic N) is 2. The third kappa shape index (κ3) is 3.14. The van der Waals surface area contributed by atoms with Crippen LogP contribution in [-0.2, 0) is 11.2 Å². The fourth-order valence-corrected chi connectivity index (χ4v) is 2.10. The topological polar surface area (TPSA) is 64.5 Å². The fraction of sp³-hybridized carbons (Fsp3) is 0.667. The molecule has 1 aromatic heterocycles. The zero-order chi connectivity index (χ0) is 12.3. The van der Waals surface area contributed by atoms with Gasteiger partial charge in [-0.2, -0.15) is 0 Å². The second-order valence-electron chi connectivity index (χ2n) is 4.46. The van der Waals surface area contributed by atoms with Crippen LogP contribution >= 0.6 is 0 Å². The molecule has 2 heterocycles. The van der Waals surface area contributed by atoms with E-state index < -0.39 is 6.10 Å². The molecule has 17 heavy (non-hydrogen) atoms. The largest absolute Gasteiger partial charge is 0.481 e. The molecular weight excluding hydrogens is 220 g/mol. The van der Waals surface area contributed by atoms with Crippen molar-refractivity contribution in [1.29, 1.82) is 0 Å². The molecule has 3 unspecified atom stereocenters. The van der Waals surface area contributed by atoms with Crippen molar-refractivity contribution in [3.05, 3.63) is 18.1 Å². The Labute approximate surface area is 101 Å². The third-order valence-electron chi connectivity index (χ3n) is 3.10. The molecule has 0 aliphatic carbocycles. The first-order valence-electron chi connectivity index (χ1n) is 5.83. The first-order chi connectivity index (χ1) is 8.19. The van der Waals surface area contributed by atoms with Gasteiger partial charge in [-0.1, -0.05) is 0 Å². The summed E-state index contributed by atoms with van der Waals surface area (Å²) in [7, 11) is 1.56. The maximum Gasteiger partial charge on any atom is 0.216 e. The lowest BCUT2D eigenvalue weighted by atomic mass is 9.96. The summed E-state index contributed by atoms with van der Waals surface area (Å²) in [6.07, 6.45) is 2.70. The number of hydrogen-bond donors (Lipinski definition) is 1. The zero-order valence-corrected chi connectivity index (χ0v) is 10.2. The monoisotopic (exact) mass is 238 g/mol. The second kappa shape index (κ2) is 5.42. The summed E-state index contributed by atoms with van der Waals surface area (Å²) < 4.78 is 10.5. The standard InChI is InChI=1S/C12H18N2O3/c1-8-3-9(6-17-8)11(15)4-10-5-12(16-2)14-7-13-10/h5,7-9,11,15H,3-4,6H2,1-2H3. The first kappa shape index (κ1) is 12.3. The molecule has 1 aromatic rings. The smallest absolute Gasteiger partial charge is 0.216 e. The first-order valence-corrected chi connectivity index (χ1v) is 5.83. The highest BCUT2D eigenvalue weighted by Gasteiger charge is 2.28. The summed E-state index contributed by atoms with van der Waals surface area (Å²) in [4.78, 5) is 8.06. The molecule has 2 rings (SSSR count). The summed E-state index contributed by atoms with van der Waals surface area (Å²) in [5.41, 5.74) is 0.795. The highest BCUT2D eigenvalue weighted by atomic mass is 16.5. The van der Waals surface area contributed by atoms with E-state index >= 15 is 0 Å². The molecule has 0 aromatic carbocycles. The van der Waals surface area contributed by atoms with Gasteiger partial charge in [-0.3, -0.25) is 0 Å². The minimum Gasteiger partial charge on any atom is -0.481 e. The molecule has 0 amide bonds. The molecule has 94 valence electrons. The van der Waals surface area contributed by atoms with Crippen LogP contribution in [-0.4, -0.2) is 41.0 Å². The van der Waals surface area contributed by atoms with Gasteiger partial charge in [0, 0.05) is 18.4 Å². The minimum atomic E-state index is -0.417. The van der Waals surface area contributed by atoms with Crippen molar-refractivity contribution >= 4 is 0 Å². The van der Waals surface area contributed by atoms with E-state index in [-0.39, 0.29) is 12.0 Å². The van der Waals surface area contributed by atoms with Gasteiger partial charge in [-0.15, -0.1) is 0 Å². The number of ether oxygens (including phenoxy) is 2. The van der Waals surface area contributed by atoms with Crippen molar-refractivity contribution in [3.8, 4) is 5.88 Å². The van der Waals surface area contributed by atoms with Crippen LogP contribution < -0.4 is 4.74 Å². The Morgan fingerprint density at radius 2 is 2.41 bits per heavy atom. The molecular formula is C12H18N2O3. The molecule has 5 nitrogen and oxygen atoms in total. The van der Waals surface area contributed by atoms with Crippen molar-refractivity contribution in [1.82, 2.24) is 9.97 Å². The summed E-state index contributed by atoms with van der Waals surface area (Å²) >= 11 is 0. The van der Waals surface area contributed by atoms with E-state index in [0.717, 1.165) is 12.1 Å². The molecule has 3 atom stereocenters. The number of aromatic nitrogens is 2. The Kier molecular flexibility index (Phi) is 3.91. The van der Waals surface area contributed by atoms with Crippen LogP contribution in [0.5, 0.6) is 5.88 Å². The molecule has 1 aliphatic rings. The predicted molar refractivity (Wildman–Crippen MR) is 61.8 cm³/mol. The summed E-state index contributed by atoms with van der Waals surface area (Å²) in [5.74, 6) is 0.726. The number of methoxy groups -OCH3 is 1. The normalized spacial score (nSPS) is 25.8. The van der Waals surface area contributed by atoms with Gasteiger partial charge in [0.25, 0.3) is 0 Å². The summed E-state index contributed by atoms with van der Waals surface area (Å²) in [6, 6.07) is 1.75. The van der Waals surface area contributed by atoms with Crippen molar-refractivity contribution < 1.29 is 14.6 Å². The number of aliphatic hydroxyl groups is 1. The van der Waals surface area contributed by atoms with Crippen LogP contribution in [0.2, 0.25) is 0 Å². The van der Waals surface area contributed by atoms with Crippen LogP contribution in [0.25, 0.3) is 0 Å². The van der Waals surface area contributed by atoms with Crippen LogP contribution in [0, 0.1) is 5.92 Å². The Hall–Kier alpha value is -1.20. The number of aliphatic hydroxyl groups excluding tert-OH is 1. The average Bonchev–Trinajstić information content (AvgIpc) is 2.76. The van der Waals surface area contributed by atoms with Gasteiger partial charge in [0.1, 0.15) is 6.33 Å². The lowest BCUT2D eigenvalue weighted by molar-refractivity contribution is 0.0801. The van der Waals surface area contributed by atoms with E-state index in [0.29, 0.717) is 18.9 Å².